The standard InChI is InChI=1S/C6H14N4O2.2C3H8N2/c7-9-5(11)3-1-2-4-6(12)10-8;2*1-3(2)5-4/h1-4,7-8H2,(H,9,11)(H,10,12);2*4H2,1-2H3. The Kier molecular flexibility index (Phi) is 21.2. The molecule has 0 saturated carbocycles. The van der Waals surface area contributed by atoms with E-state index < -0.39 is 0 Å². The van der Waals surface area contributed by atoms with Gasteiger partial charge in [-0.1, -0.05) is 0 Å². The second-order valence-electron chi connectivity index (χ2n) is 4.49. The topological polar surface area (TPSA) is 187 Å². The van der Waals surface area contributed by atoms with Crippen LogP contribution in [0.1, 0.15) is 53.4 Å². The fraction of sp³-hybridized carbons (Fsp3) is 0.667. The van der Waals surface area contributed by atoms with Crippen molar-refractivity contribution < 1.29 is 9.59 Å². The fourth-order valence-corrected chi connectivity index (χ4v) is 0.715. The maximum absolute atomic E-state index is 10.6. The number of nitrogens with two attached hydrogens (primary N) is 4. The highest BCUT2D eigenvalue weighted by atomic mass is 16.2. The minimum absolute atomic E-state index is 0.219. The molecule has 0 aliphatic rings. The molecule has 10 N–H and O–H groups in total. The third-order valence-corrected chi connectivity index (χ3v) is 1.90. The van der Waals surface area contributed by atoms with Gasteiger partial charge in [-0.25, -0.2) is 11.7 Å². The Hall–Kier alpha value is -2.20. The molecule has 0 saturated heterocycles. The van der Waals surface area contributed by atoms with Gasteiger partial charge in [0.15, 0.2) is 0 Å². The van der Waals surface area contributed by atoms with E-state index in [1.54, 1.807) is 0 Å². The van der Waals surface area contributed by atoms with E-state index in [1.807, 2.05) is 38.5 Å². The molecule has 0 radical (unpaired) electrons. The lowest BCUT2D eigenvalue weighted by Gasteiger charge is -1.99. The maximum atomic E-state index is 10.6. The number of nitrogens with one attached hydrogen (secondary N) is 2. The largest absolute Gasteiger partial charge is 0.323 e. The number of carbonyl (C=O) groups excluding carboxylic acids is 2. The highest BCUT2D eigenvalue weighted by Crippen LogP contribution is 1.98. The Labute approximate surface area is 131 Å². The molecule has 10 nitrogen and oxygen atoms in total. The van der Waals surface area contributed by atoms with Gasteiger partial charge in [-0.3, -0.25) is 20.4 Å². The number of unbranched alkanes of at least 4 members (excludes halogenated alkanes) is 1. The van der Waals surface area contributed by atoms with Crippen LogP contribution < -0.4 is 34.2 Å². The number of hydrogen-bond acceptors (Lipinski definition) is 8. The molecular weight excluding hydrogens is 288 g/mol. The van der Waals surface area contributed by atoms with Gasteiger partial charge < -0.3 is 11.7 Å². The smallest absolute Gasteiger partial charge is 0.233 e. The van der Waals surface area contributed by atoms with Crippen molar-refractivity contribution in [2.45, 2.75) is 53.4 Å². The predicted octanol–water partition coefficient (Wildman–Crippen LogP) is -0.792. The Morgan fingerprint density at radius 1 is 0.773 bits per heavy atom. The average molecular weight is 318 g/mol. The van der Waals surface area contributed by atoms with Gasteiger partial charge in [-0.2, -0.15) is 10.2 Å². The summed E-state index contributed by atoms with van der Waals surface area (Å²) in [6.45, 7) is 7.39. The molecule has 0 heterocycles. The summed E-state index contributed by atoms with van der Waals surface area (Å²) in [6, 6.07) is 0. The summed E-state index contributed by atoms with van der Waals surface area (Å²) in [6.07, 6.45) is 1.95. The van der Waals surface area contributed by atoms with Crippen LogP contribution in [0.15, 0.2) is 10.2 Å². The van der Waals surface area contributed by atoms with Crippen molar-refractivity contribution in [3.63, 3.8) is 0 Å². The molecule has 0 fully saturated rings. The third kappa shape index (κ3) is 30.7. The first-order valence-electron chi connectivity index (χ1n) is 6.66. The summed E-state index contributed by atoms with van der Waals surface area (Å²) in [4.78, 5) is 21.1. The predicted molar refractivity (Wildman–Crippen MR) is 89.1 cm³/mol. The normalized spacial score (nSPS) is 8.09. The van der Waals surface area contributed by atoms with Crippen molar-refractivity contribution >= 4 is 23.2 Å². The number of hydrogen-bond donors (Lipinski definition) is 6. The zero-order valence-corrected chi connectivity index (χ0v) is 13.8. The Morgan fingerprint density at radius 2 is 1.00 bits per heavy atom. The van der Waals surface area contributed by atoms with Gasteiger partial charge >= 0.3 is 0 Å². The minimum atomic E-state index is -0.219. The first-order chi connectivity index (χ1) is 10.2. The molecule has 0 aromatic carbocycles. The third-order valence-electron chi connectivity index (χ3n) is 1.90. The second-order valence-corrected chi connectivity index (χ2v) is 4.49. The highest BCUT2D eigenvalue weighted by Gasteiger charge is 2.00. The molecule has 0 spiro atoms. The van der Waals surface area contributed by atoms with Crippen LogP contribution in [0.3, 0.4) is 0 Å². The Balaban J connectivity index is -0.000000298. The van der Waals surface area contributed by atoms with Gasteiger partial charge in [0, 0.05) is 24.3 Å². The van der Waals surface area contributed by atoms with Gasteiger partial charge in [0.1, 0.15) is 0 Å². The Bertz CT molecular complexity index is 313. The average Bonchev–Trinajstić information content (AvgIpc) is 2.51. The van der Waals surface area contributed by atoms with Crippen LogP contribution in [0.4, 0.5) is 0 Å². The van der Waals surface area contributed by atoms with Crippen molar-refractivity contribution in [2.75, 3.05) is 0 Å². The van der Waals surface area contributed by atoms with Gasteiger partial charge in [-0.15, -0.1) is 0 Å². The second kappa shape index (κ2) is 18.8. The summed E-state index contributed by atoms with van der Waals surface area (Å²) >= 11 is 0. The van der Waals surface area contributed by atoms with Crippen molar-refractivity contribution in [2.24, 2.45) is 33.6 Å². The first-order valence-corrected chi connectivity index (χ1v) is 6.66. The molecule has 130 valence electrons. The van der Waals surface area contributed by atoms with Gasteiger partial charge in [-0.05, 0) is 40.5 Å². The van der Waals surface area contributed by atoms with Crippen LogP contribution >= 0.6 is 0 Å². The van der Waals surface area contributed by atoms with Crippen molar-refractivity contribution in [3.05, 3.63) is 0 Å². The summed E-state index contributed by atoms with van der Waals surface area (Å²) in [5, 5.41) is 6.61. The van der Waals surface area contributed by atoms with Crippen LogP contribution in [0.5, 0.6) is 0 Å². The van der Waals surface area contributed by atoms with Crippen molar-refractivity contribution in [1.82, 2.24) is 10.9 Å². The minimum Gasteiger partial charge on any atom is -0.323 e. The number of carbonyl (C=O) groups is 2. The lowest BCUT2D eigenvalue weighted by atomic mass is 10.2. The summed E-state index contributed by atoms with van der Waals surface area (Å²) in [7, 11) is 0. The van der Waals surface area contributed by atoms with Crippen LogP contribution in [0, 0.1) is 0 Å². The highest BCUT2D eigenvalue weighted by molar-refractivity contribution is 5.79. The zero-order chi connectivity index (χ0) is 18.0. The molecule has 0 aromatic rings. The van der Waals surface area contributed by atoms with E-state index in [9.17, 15) is 9.59 Å². The van der Waals surface area contributed by atoms with Crippen LogP contribution in [0.2, 0.25) is 0 Å². The van der Waals surface area contributed by atoms with E-state index in [4.69, 9.17) is 23.4 Å². The molecule has 2 amide bonds. The molecule has 0 atom stereocenters. The van der Waals surface area contributed by atoms with Gasteiger partial charge in [0.2, 0.25) is 11.8 Å². The molecule has 22 heavy (non-hydrogen) atoms. The van der Waals surface area contributed by atoms with E-state index in [1.165, 1.54) is 0 Å². The number of nitrogens with zero attached hydrogens (tertiary/aromatic N) is 2. The van der Waals surface area contributed by atoms with E-state index in [0.29, 0.717) is 25.7 Å². The lowest BCUT2D eigenvalue weighted by Crippen LogP contribution is -2.30. The molecule has 0 bridgehead atoms. The van der Waals surface area contributed by atoms with Crippen LogP contribution in [-0.2, 0) is 9.59 Å². The molecular formula is C12H30N8O2. The SMILES string of the molecule is CC(C)=NN.CC(C)=NN.NNC(=O)CCCCC(=O)NN. The number of rotatable bonds is 5. The quantitative estimate of drug-likeness (QED) is 0.127. The molecule has 0 aliphatic carbocycles. The van der Waals surface area contributed by atoms with Gasteiger partial charge in [0.05, 0.1) is 0 Å². The van der Waals surface area contributed by atoms with Crippen LogP contribution in [0.25, 0.3) is 0 Å². The first kappa shape index (κ1) is 24.8. The van der Waals surface area contributed by atoms with E-state index >= 15 is 0 Å². The molecule has 0 aromatic heterocycles. The van der Waals surface area contributed by atoms with Gasteiger partial charge in [0.25, 0.3) is 0 Å². The lowest BCUT2D eigenvalue weighted by molar-refractivity contribution is -0.123. The number of amides is 2. The fourth-order valence-electron chi connectivity index (χ4n) is 0.715. The monoisotopic (exact) mass is 318 g/mol. The Morgan fingerprint density at radius 3 is 1.14 bits per heavy atom. The number of hydrazine groups is 2. The summed E-state index contributed by atoms with van der Waals surface area (Å²) < 4.78 is 0. The summed E-state index contributed by atoms with van der Waals surface area (Å²) in [5.41, 5.74) is 5.82. The van der Waals surface area contributed by atoms with E-state index in [0.717, 1.165) is 11.4 Å². The zero-order valence-electron chi connectivity index (χ0n) is 13.8. The van der Waals surface area contributed by atoms with Crippen LogP contribution in [-0.4, -0.2) is 23.2 Å². The van der Waals surface area contributed by atoms with Crippen molar-refractivity contribution in [1.29, 1.82) is 0 Å². The molecule has 10 heteroatoms. The molecule has 0 unspecified atom stereocenters. The summed E-state index contributed by atoms with van der Waals surface area (Å²) in [5.74, 6) is 18.8. The van der Waals surface area contributed by atoms with E-state index in [2.05, 4.69) is 10.2 Å². The van der Waals surface area contributed by atoms with Crippen molar-refractivity contribution in [3.8, 4) is 0 Å². The maximum Gasteiger partial charge on any atom is 0.233 e. The van der Waals surface area contributed by atoms with E-state index in [-0.39, 0.29) is 11.8 Å². The molecule has 0 rings (SSSR count). The number of hydrazone groups is 2. The molecule has 0 aliphatic heterocycles.